The molecule has 2 aromatic rings. The summed E-state index contributed by atoms with van der Waals surface area (Å²) >= 11 is 6.83. The summed E-state index contributed by atoms with van der Waals surface area (Å²) in [7, 11) is 2.07. The average Bonchev–Trinajstić information content (AvgIpc) is 3.03. The van der Waals surface area contributed by atoms with Crippen LogP contribution in [0.4, 0.5) is 10.2 Å². The number of amides is 2. The lowest BCUT2D eigenvalue weighted by Crippen LogP contribution is -2.59. The van der Waals surface area contributed by atoms with Gasteiger partial charge in [-0.1, -0.05) is 30.3 Å². The number of rotatable bonds is 3. The Balaban J connectivity index is 1.64. The van der Waals surface area contributed by atoms with Crippen molar-refractivity contribution in [3.8, 4) is 17.0 Å². The van der Waals surface area contributed by atoms with E-state index in [4.69, 9.17) is 21.3 Å². The van der Waals surface area contributed by atoms with Crippen LogP contribution in [0.2, 0.25) is 5.02 Å². The van der Waals surface area contributed by atoms with Crippen molar-refractivity contribution in [3.63, 3.8) is 0 Å². The molecule has 0 spiro atoms. The van der Waals surface area contributed by atoms with Crippen molar-refractivity contribution in [1.29, 1.82) is 0 Å². The molecule has 0 saturated carbocycles. The second-order valence-corrected chi connectivity index (χ2v) is 10.8. The van der Waals surface area contributed by atoms with Crippen molar-refractivity contribution < 1.29 is 18.7 Å². The summed E-state index contributed by atoms with van der Waals surface area (Å²) in [5, 5.41) is 0.101. The number of pyridine rings is 1. The number of hydrogen-bond acceptors (Lipinski definition) is 6. The maximum atomic E-state index is 14.9. The van der Waals surface area contributed by atoms with Gasteiger partial charge in [0.05, 0.1) is 11.7 Å². The number of nitrogens with zero attached hydrogens (tertiary/aromatic N) is 5. The highest BCUT2D eigenvalue weighted by Crippen LogP contribution is 2.44. The van der Waals surface area contributed by atoms with Gasteiger partial charge in [0, 0.05) is 50.4 Å². The van der Waals surface area contributed by atoms with Gasteiger partial charge in [-0.2, -0.15) is 0 Å². The van der Waals surface area contributed by atoms with Gasteiger partial charge in [0.25, 0.3) is 5.91 Å². The van der Waals surface area contributed by atoms with Crippen LogP contribution in [0.1, 0.15) is 24.2 Å². The minimum Gasteiger partial charge on any atom is -0.489 e. The second-order valence-electron chi connectivity index (χ2n) is 10.4. The van der Waals surface area contributed by atoms with Gasteiger partial charge >= 0.3 is 0 Å². The van der Waals surface area contributed by atoms with Gasteiger partial charge in [-0.15, -0.1) is 0 Å². The zero-order valence-corrected chi connectivity index (χ0v) is 22.1. The standard InChI is InChI=1S/C27H31ClFN5O3/c1-5-20(35)32-12-13-34-17(14-32)15-37-24-21(26(34)36)25(33-11-10-31(4)27(2,3)16-33)30-23(22(24)28)18-8-6-7-9-19(18)29/h5-9,17H,1,10-16H2,2-4H3. The van der Waals surface area contributed by atoms with E-state index in [2.05, 4.69) is 37.3 Å². The molecule has 4 heterocycles. The number of aromatic nitrogens is 1. The molecule has 0 aliphatic carbocycles. The second kappa shape index (κ2) is 9.61. The lowest BCUT2D eigenvalue weighted by atomic mass is 9.98. The molecule has 1 aromatic heterocycles. The molecule has 196 valence electrons. The quantitative estimate of drug-likeness (QED) is 0.571. The summed E-state index contributed by atoms with van der Waals surface area (Å²) in [6, 6.07) is 5.94. The van der Waals surface area contributed by atoms with Gasteiger partial charge in [0.1, 0.15) is 28.8 Å². The van der Waals surface area contributed by atoms with Crippen LogP contribution >= 0.6 is 11.6 Å². The summed E-state index contributed by atoms with van der Waals surface area (Å²) in [6.45, 7) is 11.1. The van der Waals surface area contributed by atoms with Crippen LogP contribution in [0.15, 0.2) is 36.9 Å². The van der Waals surface area contributed by atoms with E-state index in [1.54, 1.807) is 28.0 Å². The predicted molar refractivity (Wildman–Crippen MR) is 141 cm³/mol. The smallest absolute Gasteiger partial charge is 0.261 e. The maximum absolute atomic E-state index is 14.9. The number of halogens is 2. The summed E-state index contributed by atoms with van der Waals surface area (Å²) < 4.78 is 21.1. The molecule has 8 nitrogen and oxygen atoms in total. The first kappa shape index (κ1) is 25.5. The molecule has 3 aliphatic rings. The Bertz CT molecular complexity index is 1270. The van der Waals surface area contributed by atoms with Crippen molar-refractivity contribution in [2.24, 2.45) is 0 Å². The van der Waals surface area contributed by atoms with E-state index in [1.807, 2.05) is 0 Å². The van der Waals surface area contributed by atoms with Crippen LogP contribution in [0.25, 0.3) is 11.3 Å². The highest BCUT2D eigenvalue weighted by Gasteiger charge is 2.42. The van der Waals surface area contributed by atoms with E-state index >= 15 is 0 Å². The monoisotopic (exact) mass is 527 g/mol. The summed E-state index contributed by atoms with van der Waals surface area (Å²) in [5.41, 5.74) is 0.585. The lowest BCUT2D eigenvalue weighted by molar-refractivity contribution is -0.128. The Kier molecular flexibility index (Phi) is 6.62. The molecule has 37 heavy (non-hydrogen) atoms. The van der Waals surface area contributed by atoms with Crippen LogP contribution in [0.3, 0.4) is 0 Å². The van der Waals surface area contributed by atoms with Crippen molar-refractivity contribution in [2.75, 3.05) is 57.8 Å². The molecule has 2 fully saturated rings. The maximum Gasteiger partial charge on any atom is 0.261 e. The molecular weight excluding hydrogens is 497 g/mol. The number of likely N-dealkylation sites (N-methyl/N-ethyl adjacent to an activating group) is 1. The molecule has 1 atom stereocenters. The number of carbonyl (C=O) groups is 2. The van der Waals surface area contributed by atoms with Crippen LogP contribution in [-0.2, 0) is 4.79 Å². The number of carbonyl (C=O) groups excluding carboxylic acids is 2. The zero-order valence-electron chi connectivity index (χ0n) is 21.3. The Morgan fingerprint density at radius 2 is 2.00 bits per heavy atom. The number of fused-ring (bicyclic) bond motifs is 2. The van der Waals surface area contributed by atoms with E-state index in [0.717, 1.165) is 6.54 Å². The van der Waals surface area contributed by atoms with Crippen LogP contribution in [-0.4, -0.2) is 96.0 Å². The molecular formula is C27H31ClFN5O3. The Morgan fingerprint density at radius 3 is 2.70 bits per heavy atom. The normalized spacial score (nSPS) is 21.6. The minimum atomic E-state index is -0.461. The molecule has 2 saturated heterocycles. The average molecular weight is 528 g/mol. The highest BCUT2D eigenvalue weighted by atomic mass is 35.5. The van der Waals surface area contributed by atoms with Gasteiger partial charge in [-0.25, -0.2) is 9.37 Å². The fourth-order valence-corrected chi connectivity index (χ4v) is 5.55. The van der Waals surface area contributed by atoms with Gasteiger partial charge in [0.2, 0.25) is 5.91 Å². The van der Waals surface area contributed by atoms with Crippen molar-refractivity contribution in [2.45, 2.75) is 25.4 Å². The van der Waals surface area contributed by atoms with Gasteiger partial charge in [-0.3, -0.25) is 14.5 Å². The molecule has 0 N–H and O–H groups in total. The van der Waals surface area contributed by atoms with E-state index in [-0.39, 0.29) is 57.6 Å². The Hall–Kier alpha value is -3.17. The van der Waals surface area contributed by atoms with Crippen molar-refractivity contribution >= 4 is 29.2 Å². The summed E-state index contributed by atoms with van der Waals surface area (Å²) in [5.74, 6) is -0.241. The molecule has 0 radical (unpaired) electrons. The molecule has 3 aliphatic heterocycles. The fraction of sp³-hybridized carbons (Fsp3) is 0.444. The first-order valence-corrected chi connectivity index (χ1v) is 12.8. The van der Waals surface area contributed by atoms with E-state index in [1.165, 1.54) is 12.1 Å². The third-order valence-corrected chi connectivity index (χ3v) is 8.04. The molecule has 1 unspecified atom stereocenters. The van der Waals surface area contributed by atoms with Crippen molar-refractivity contribution in [1.82, 2.24) is 19.7 Å². The highest BCUT2D eigenvalue weighted by molar-refractivity contribution is 6.35. The number of ether oxygens (including phenoxy) is 1. The summed E-state index contributed by atoms with van der Waals surface area (Å²) in [6.07, 6.45) is 1.28. The molecule has 1 aromatic carbocycles. The number of hydrogen-bond donors (Lipinski definition) is 0. The molecule has 5 rings (SSSR count). The van der Waals surface area contributed by atoms with Gasteiger partial charge < -0.3 is 19.4 Å². The third kappa shape index (κ3) is 4.44. The number of benzene rings is 1. The Morgan fingerprint density at radius 1 is 1.24 bits per heavy atom. The van der Waals surface area contributed by atoms with Crippen molar-refractivity contribution in [3.05, 3.63) is 53.3 Å². The molecule has 2 amide bonds. The SMILES string of the molecule is C=CC(=O)N1CCN2C(=O)c3c(N4CCN(C)C(C)(C)C4)nc(-c4ccccc4F)c(Cl)c3OCC2C1. The fourth-order valence-electron chi connectivity index (χ4n) is 5.26. The first-order chi connectivity index (χ1) is 17.6. The molecule has 10 heteroatoms. The van der Waals surface area contributed by atoms with Crippen LogP contribution < -0.4 is 9.64 Å². The Labute approximate surface area is 221 Å². The first-order valence-electron chi connectivity index (χ1n) is 12.4. The van der Waals surface area contributed by atoms with E-state index in [0.29, 0.717) is 38.5 Å². The number of anilines is 1. The van der Waals surface area contributed by atoms with E-state index in [9.17, 15) is 14.0 Å². The number of piperazine rings is 2. The lowest BCUT2D eigenvalue weighted by Gasteiger charge is -2.46. The van der Waals surface area contributed by atoms with Crippen LogP contribution in [0.5, 0.6) is 5.75 Å². The van der Waals surface area contributed by atoms with Gasteiger partial charge in [-0.05, 0) is 39.1 Å². The van der Waals surface area contributed by atoms with E-state index < -0.39 is 5.82 Å². The summed E-state index contributed by atoms with van der Waals surface area (Å²) in [4.78, 5) is 38.9. The topological polar surface area (TPSA) is 69.2 Å². The third-order valence-electron chi connectivity index (χ3n) is 7.68. The molecule has 0 bridgehead atoms. The largest absolute Gasteiger partial charge is 0.489 e. The van der Waals surface area contributed by atoms with Crippen LogP contribution in [0, 0.1) is 5.82 Å². The minimum absolute atomic E-state index is 0.101. The predicted octanol–water partition coefficient (Wildman–Crippen LogP) is 3.30. The van der Waals surface area contributed by atoms with Gasteiger partial charge in [0.15, 0.2) is 5.75 Å². The zero-order chi connectivity index (χ0) is 26.5.